The van der Waals surface area contributed by atoms with E-state index in [1.165, 1.54) is 12.1 Å². The highest BCUT2D eigenvalue weighted by molar-refractivity contribution is 5.75. The summed E-state index contributed by atoms with van der Waals surface area (Å²) in [6.45, 7) is 0.761. The molecule has 0 atom stereocenters. The summed E-state index contributed by atoms with van der Waals surface area (Å²) >= 11 is 0. The predicted molar refractivity (Wildman–Crippen MR) is 90.4 cm³/mol. The number of nitrogens with zero attached hydrogens (tertiary/aromatic N) is 2. The van der Waals surface area contributed by atoms with E-state index in [4.69, 9.17) is 5.11 Å². The Morgan fingerprint density at radius 2 is 1.92 bits per heavy atom. The molecule has 25 heavy (non-hydrogen) atoms. The SMILES string of the molecule is O=C(O)CCNC(=O)N(CCc1ccccn1)Cc1ccc(F)cc1. The van der Waals surface area contributed by atoms with Crippen molar-refractivity contribution in [3.8, 4) is 0 Å². The van der Waals surface area contributed by atoms with E-state index in [0.29, 0.717) is 19.5 Å². The average molecular weight is 345 g/mol. The minimum atomic E-state index is -0.973. The molecular weight excluding hydrogens is 325 g/mol. The molecule has 1 heterocycles. The van der Waals surface area contributed by atoms with E-state index in [1.54, 1.807) is 23.2 Å². The van der Waals surface area contributed by atoms with Crippen LogP contribution in [0.3, 0.4) is 0 Å². The monoisotopic (exact) mass is 345 g/mol. The van der Waals surface area contributed by atoms with Gasteiger partial charge in [-0.25, -0.2) is 9.18 Å². The van der Waals surface area contributed by atoms with Gasteiger partial charge in [-0.2, -0.15) is 0 Å². The molecule has 0 aliphatic heterocycles. The van der Waals surface area contributed by atoms with Gasteiger partial charge in [-0.3, -0.25) is 9.78 Å². The fourth-order valence-corrected chi connectivity index (χ4v) is 2.25. The van der Waals surface area contributed by atoms with Crippen LogP contribution < -0.4 is 5.32 Å². The van der Waals surface area contributed by atoms with Crippen LogP contribution in [0.15, 0.2) is 48.7 Å². The van der Waals surface area contributed by atoms with Crippen LogP contribution >= 0.6 is 0 Å². The third-order valence-corrected chi connectivity index (χ3v) is 3.55. The molecule has 2 N–H and O–H groups in total. The number of hydrogen-bond donors (Lipinski definition) is 2. The van der Waals surface area contributed by atoms with E-state index in [-0.39, 0.29) is 24.8 Å². The first-order valence-corrected chi connectivity index (χ1v) is 7.93. The van der Waals surface area contributed by atoms with Crippen LogP contribution in [0.25, 0.3) is 0 Å². The quantitative estimate of drug-likeness (QED) is 0.770. The fraction of sp³-hybridized carbons (Fsp3) is 0.278. The van der Waals surface area contributed by atoms with E-state index >= 15 is 0 Å². The van der Waals surface area contributed by atoms with Gasteiger partial charge in [0, 0.05) is 37.9 Å². The molecule has 0 aliphatic rings. The van der Waals surface area contributed by atoms with Gasteiger partial charge in [0.1, 0.15) is 5.82 Å². The molecule has 0 aliphatic carbocycles. The third kappa shape index (κ3) is 6.58. The maximum atomic E-state index is 13.0. The second kappa shape index (κ2) is 9.36. The lowest BCUT2D eigenvalue weighted by Crippen LogP contribution is -2.41. The highest BCUT2D eigenvalue weighted by atomic mass is 19.1. The van der Waals surface area contributed by atoms with Crippen molar-refractivity contribution in [1.82, 2.24) is 15.2 Å². The van der Waals surface area contributed by atoms with E-state index in [9.17, 15) is 14.0 Å². The number of benzene rings is 1. The minimum Gasteiger partial charge on any atom is -0.481 e. The highest BCUT2D eigenvalue weighted by Gasteiger charge is 2.14. The summed E-state index contributed by atoms with van der Waals surface area (Å²) in [6.07, 6.45) is 2.11. The number of carboxylic acid groups (broad SMARTS) is 1. The van der Waals surface area contributed by atoms with Crippen LogP contribution in [0.2, 0.25) is 0 Å². The lowest BCUT2D eigenvalue weighted by atomic mass is 10.2. The molecule has 0 fully saturated rings. The topological polar surface area (TPSA) is 82.5 Å². The number of halogens is 1. The first kappa shape index (κ1) is 18.4. The van der Waals surface area contributed by atoms with Gasteiger partial charge in [-0.05, 0) is 29.8 Å². The summed E-state index contributed by atoms with van der Waals surface area (Å²) in [5.41, 5.74) is 1.64. The van der Waals surface area contributed by atoms with E-state index in [1.807, 2.05) is 18.2 Å². The molecule has 0 saturated heterocycles. The summed E-state index contributed by atoms with van der Waals surface area (Å²) in [6, 6.07) is 11.1. The van der Waals surface area contributed by atoms with Gasteiger partial charge in [0.25, 0.3) is 0 Å². The first-order valence-electron chi connectivity index (χ1n) is 7.93. The lowest BCUT2D eigenvalue weighted by Gasteiger charge is -2.23. The molecule has 7 heteroatoms. The Bertz CT molecular complexity index is 692. The molecule has 6 nitrogen and oxygen atoms in total. The first-order chi connectivity index (χ1) is 12.0. The lowest BCUT2D eigenvalue weighted by molar-refractivity contribution is -0.136. The van der Waals surface area contributed by atoms with Crippen molar-refractivity contribution >= 4 is 12.0 Å². The molecule has 1 aromatic carbocycles. The summed E-state index contributed by atoms with van der Waals surface area (Å²) in [5.74, 6) is -1.31. The van der Waals surface area contributed by atoms with Gasteiger partial charge in [0.2, 0.25) is 0 Å². The minimum absolute atomic E-state index is 0.0532. The molecule has 2 aromatic rings. The molecule has 0 unspecified atom stereocenters. The van der Waals surface area contributed by atoms with Crippen LogP contribution in [0.1, 0.15) is 17.7 Å². The summed E-state index contributed by atoms with van der Waals surface area (Å²) < 4.78 is 13.0. The van der Waals surface area contributed by atoms with Gasteiger partial charge in [0.15, 0.2) is 0 Å². The van der Waals surface area contributed by atoms with Gasteiger partial charge < -0.3 is 15.3 Å². The average Bonchev–Trinajstić information content (AvgIpc) is 2.60. The number of hydrogen-bond acceptors (Lipinski definition) is 3. The van der Waals surface area contributed by atoms with Crippen molar-refractivity contribution in [3.63, 3.8) is 0 Å². The molecule has 0 radical (unpaired) electrons. The number of pyridine rings is 1. The summed E-state index contributed by atoms with van der Waals surface area (Å²) in [4.78, 5) is 28.7. The van der Waals surface area contributed by atoms with Crippen LogP contribution in [0, 0.1) is 5.82 Å². The maximum absolute atomic E-state index is 13.0. The Kier molecular flexibility index (Phi) is 6.88. The van der Waals surface area contributed by atoms with E-state index < -0.39 is 5.97 Å². The van der Waals surface area contributed by atoms with E-state index in [2.05, 4.69) is 10.3 Å². The van der Waals surface area contributed by atoms with Crippen LogP contribution in [0.4, 0.5) is 9.18 Å². The molecule has 2 amide bonds. The van der Waals surface area contributed by atoms with Crippen molar-refractivity contribution in [1.29, 1.82) is 0 Å². The normalized spacial score (nSPS) is 10.3. The Hall–Kier alpha value is -2.96. The van der Waals surface area contributed by atoms with Gasteiger partial charge in [-0.15, -0.1) is 0 Å². The van der Waals surface area contributed by atoms with Crippen molar-refractivity contribution in [2.24, 2.45) is 0 Å². The molecule has 0 bridgehead atoms. The number of nitrogens with one attached hydrogen (secondary N) is 1. The number of amides is 2. The van der Waals surface area contributed by atoms with Crippen molar-refractivity contribution in [2.75, 3.05) is 13.1 Å². The summed E-state index contributed by atoms with van der Waals surface area (Å²) in [5, 5.41) is 11.3. The Morgan fingerprint density at radius 3 is 2.56 bits per heavy atom. The molecule has 2 rings (SSSR count). The number of carboxylic acids is 1. The van der Waals surface area contributed by atoms with Crippen LogP contribution in [0.5, 0.6) is 0 Å². The highest BCUT2D eigenvalue weighted by Crippen LogP contribution is 2.08. The Morgan fingerprint density at radius 1 is 1.16 bits per heavy atom. The second-order valence-electron chi connectivity index (χ2n) is 5.49. The third-order valence-electron chi connectivity index (χ3n) is 3.55. The molecular formula is C18H20FN3O3. The smallest absolute Gasteiger partial charge is 0.317 e. The fourth-order valence-electron chi connectivity index (χ4n) is 2.25. The number of urea groups is 1. The van der Waals surface area contributed by atoms with E-state index in [0.717, 1.165) is 11.3 Å². The van der Waals surface area contributed by atoms with Crippen molar-refractivity contribution in [2.45, 2.75) is 19.4 Å². The molecule has 0 saturated carbocycles. The zero-order valence-corrected chi connectivity index (χ0v) is 13.7. The largest absolute Gasteiger partial charge is 0.481 e. The predicted octanol–water partition coefficient (Wildman–Crippen LogP) is 2.45. The standard InChI is InChI=1S/C18H20FN3O3/c19-15-6-4-14(5-7-15)13-22(18(25)21-11-8-17(23)24)12-9-16-3-1-2-10-20-16/h1-7,10H,8-9,11-13H2,(H,21,25)(H,23,24). The number of carbonyl (C=O) groups is 2. The van der Waals surface area contributed by atoms with Crippen LogP contribution in [-0.2, 0) is 17.8 Å². The zero-order valence-electron chi connectivity index (χ0n) is 13.7. The number of carbonyl (C=O) groups excluding carboxylic acids is 1. The number of aliphatic carboxylic acids is 1. The van der Waals surface area contributed by atoms with Crippen LogP contribution in [-0.4, -0.2) is 40.1 Å². The van der Waals surface area contributed by atoms with Crippen molar-refractivity contribution < 1.29 is 19.1 Å². The van der Waals surface area contributed by atoms with Gasteiger partial charge >= 0.3 is 12.0 Å². The van der Waals surface area contributed by atoms with Gasteiger partial charge in [0.05, 0.1) is 6.42 Å². The molecule has 1 aromatic heterocycles. The van der Waals surface area contributed by atoms with Gasteiger partial charge in [-0.1, -0.05) is 18.2 Å². The van der Waals surface area contributed by atoms with Crippen molar-refractivity contribution in [3.05, 3.63) is 65.7 Å². The number of rotatable bonds is 8. The zero-order chi connectivity index (χ0) is 18.1. The second-order valence-corrected chi connectivity index (χ2v) is 5.49. The maximum Gasteiger partial charge on any atom is 0.317 e. The molecule has 0 spiro atoms. The number of aromatic nitrogens is 1. The molecule has 132 valence electrons. The Labute approximate surface area is 145 Å². The summed E-state index contributed by atoms with van der Waals surface area (Å²) in [7, 11) is 0. The Balaban J connectivity index is 2.00.